The third-order valence-electron chi connectivity index (χ3n) is 4.50. The molecule has 33 heavy (non-hydrogen) atoms. The summed E-state index contributed by atoms with van der Waals surface area (Å²) in [7, 11) is 2.95. The molecule has 0 aliphatic carbocycles. The number of thioether (sulfide) groups is 1. The van der Waals surface area contributed by atoms with Gasteiger partial charge in [0.25, 0.3) is 0 Å². The predicted octanol–water partition coefficient (Wildman–Crippen LogP) is 4.46. The summed E-state index contributed by atoms with van der Waals surface area (Å²) in [4.78, 5) is 16.7. The van der Waals surface area contributed by atoms with Crippen molar-refractivity contribution >= 4 is 40.8 Å². The highest BCUT2D eigenvalue weighted by Gasteiger charge is 2.22. The minimum atomic E-state index is -0.298. The molecular formula is C22H18ClN5O4S. The predicted molar refractivity (Wildman–Crippen MR) is 124 cm³/mol. The number of halogens is 1. The van der Waals surface area contributed by atoms with Gasteiger partial charge in [0.05, 0.1) is 42.3 Å². The first-order chi connectivity index (χ1) is 15.9. The molecule has 2 aromatic heterocycles. The van der Waals surface area contributed by atoms with Crippen molar-refractivity contribution in [1.29, 1.82) is 10.5 Å². The second kappa shape index (κ2) is 10.6. The van der Waals surface area contributed by atoms with Gasteiger partial charge in [-0.3, -0.25) is 4.79 Å². The van der Waals surface area contributed by atoms with Gasteiger partial charge in [-0.15, -0.1) is 11.8 Å². The summed E-state index contributed by atoms with van der Waals surface area (Å²) in [6.45, 7) is 0. The van der Waals surface area contributed by atoms with Gasteiger partial charge in [0, 0.05) is 18.2 Å². The van der Waals surface area contributed by atoms with Gasteiger partial charge in [-0.2, -0.15) is 10.5 Å². The minimum Gasteiger partial charge on any atom is -0.495 e. The van der Waals surface area contributed by atoms with Gasteiger partial charge in [-0.25, -0.2) is 4.98 Å². The summed E-state index contributed by atoms with van der Waals surface area (Å²) in [5.41, 5.74) is 6.85. The Hall–Kier alpha value is -3.86. The van der Waals surface area contributed by atoms with Crippen LogP contribution in [0.25, 0.3) is 11.3 Å². The van der Waals surface area contributed by atoms with Crippen molar-refractivity contribution in [3.8, 4) is 35.0 Å². The van der Waals surface area contributed by atoms with Crippen LogP contribution in [0.5, 0.6) is 11.5 Å². The molecule has 1 amide bonds. The van der Waals surface area contributed by atoms with E-state index >= 15 is 0 Å². The molecule has 0 aliphatic rings. The maximum atomic E-state index is 12.5. The zero-order chi connectivity index (χ0) is 24.0. The first-order valence-electron chi connectivity index (χ1n) is 9.45. The smallest absolute Gasteiger partial charge is 0.225 e. The van der Waals surface area contributed by atoms with Crippen LogP contribution in [-0.2, 0) is 4.79 Å². The van der Waals surface area contributed by atoms with Crippen molar-refractivity contribution in [1.82, 2.24) is 4.98 Å². The molecule has 0 atom stereocenters. The van der Waals surface area contributed by atoms with Gasteiger partial charge in [-0.05, 0) is 18.2 Å². The standard InChI is InChI=1S/C22H18ClN5O4S/c1-30-17-9-18(31-2)15(8-14(17)23)27-19(29)5-7-33-22-13(11-25)20(16-4-3-6-32-16)12(10-24)21(26)28-22/h3-4,6,8-9H,5,7H2,1-2H3,(H2,26,28)(H,27,29). The average Bonchev–Trinajstić information content (AvgIpc) is 3.33. The molecule has 0 fully saturated rings. The van der Waals surface area contributed by atoms with E-state index in [1.165, 1.54) is 38.3 Å². The number of amides is 1. The Kier molecular flexibility index (Phi) is 7.67. The van der Waals surface area contributed by atoms with Gasteiger partial charge >= 0.3 is 0 Å². The molecule has 3 rings (SSSR count). The Morgan fingerprint density at radius 1 is 1.24 bits per heavy atom. The van der Waals surface area contributed by atoms with E-state index in [0.29, 0.717) is 38.7 Å². The van der Waals surface area contributed by atoms with Crippen molar-refractivity contribution in [3.05, 3.63) is 46.7 Å². The fraction of sp³-hybridized carbons (Fsp3) is 0.182. The second-order valence-corrected chi connectivity index (χ2v) is 7.95. The van der Waals surface area contributed by atoms with Gasteiger partial charge in [0.15, 0.2) is 0 Å². The van der Waals surface area contributed by atoms with Crippen LogP contribution in [0.15, 0.2) is 40.0 Å². The van der Waals surface area contributed by atoms with Crippen LogP contribution in [-0.4, -0.2) is 30.9 Å². The number of rotatable bonds is 8. The van der Waals surface area contributed by atoms with E-state index in [0.717, 1.165) is 0 Å². The highest BCUT2D eigenvalue weighted by Crippen LogP contribution is 2.37. The van der Waals surface area contributed by atoms with Crippen LogP contribution in [0.3, 0.4) is 0 Å². The van der Waals surface area contributed by atoms with Crippen LogP contribution >= 0.6 is 23.4 Å². The van der Waals surface area contributed by atoms with E-state index in [-0.39, 0.29) is 34.8 Å². The van der Waals surface area contributed by atoms with Crippen LogP contribution in [0, 0.1) is 22.7 Å². The summed E-state index contributed by atoms with van der Waals surface area (Å²) in [6.07, 6.45) is 1.53. The zero-order valence-electron chi connectivity index (χ0n) is 17.6. The number of furan rings is 1. The number of carbonyl (C=O) groups excluding carboxylic acids is 1. The summed E-state index contributed by atoms with van der Waals surface area (Å²) in [5, 5.41) is 22.6. The van der Waals surface area contributed by atoms with E-state index in [1.54, 1.807) is 18.2 Å². The normalized spacial score (nSPS) is 10.2. The minimum absolute atomic E-state index is 0.0209. The van der Waals surface area contributed by atoms with Crippen LogP contribution in [0.1, 0.15) is 17.5 Å². The Bertz CT molecular complexity index is 1270. The number of hydrogen-bond acceptors (Lipinski definition) is 9. The lowest BCUT2D eigenvalue weighted by Gasteiger charge is -2.13. The van der Waals surface area contributed by atoms with E-state index in [4.69, 9.17) is 31.2 Å². The lowest BCUT2D eigenvalue weighted by molar-refractivity contribution is -0.115. The first kappa shape index (κ1) is 23.8. The molecule has 3 N–H and O–H groups in total. The maximum Gasteiger partial charge on any atom is 0.225 e. The number of hydrogen-bond donors (Lipinski definition) is 2. The number of pyridine rings is 1. The van der Waals surface area contributed by atoms with E-state index in [9.17, 15) is 15.3 Å². The second-order valence-electron chi connectivity index (χ2n) is 6.46. The van der Waals surface area contributed by atoms with E-state index in [1.807, 2.05) is 6.07 Å². The number of nitrogens with two attached hydrogens (primary N) is 1. The van der Waals surface area contributed by atoms with Crippen LogP contribution in [0.4, 0.5) is 11.5 Å². The lowest BCUT2D eigenvalue weighted by atomic mass is 10.0. The topological polar surface area (TPSA) is 147 Å². The Labute approximate surface area is 199 Å². The Morgan fingerprint density at radius 3 is 2.58 bits per heavy atom. The molecule has 0 aliphatic heterocycles. The number of benzene rings is 1. The largest absolute Gasteiger partial charge is 0.495 e. The Morgan fingerprint density at radius 2 is 1.97 bits per heavy atom. The summed E-state index contributed by atoms with van der Waals surface area (Å²) in [6, 6.07) is 10.4. The zero-order valence-corrected chi connectivity index (χ0v) is 19.2. The number of nitrogens with zero attached hydrogens (tertiary/aromatic N) is 3. The number of nitrogen functional groups attached to an aromatic ring is 1. The quantitative estimate of drug-likeness (QED) is 0.443. The molecule has 0 radical (unpaired) electrons. The summed E-state index contributed by atoms with van der Waals surface area (Å²) < 4.78 is 15.8. The third-order valence-corrected chi connectivity index (χ3v) is 5.77. The van der Waals surface area contributed by atoms with E-state index in [2.05, 4.69) is 16.4 Å². The van der Waals surface area contributed by atoms with Gasteiger partial charge in [-0.1, -0.05) is 11.6 Å². The molecule has 168 valence electrons. The highest BCUT2D eigenvalue weighted by atomic mass is 35.5. The van der Waals surface area contributed by atoms with Crippen molar-refractivity contribution in [3.63, 3.8) is 0 Å². The fourth-order valence-electron chi connectivity index (χ4n) is 2.98. The number of anilines is 2. The van der Waals surface area contributed by atoms with Crippen molar-refractivity contribution < 1.29 is 18.7 Å². The monoisotopic (exact) mass is 483 g/mol. The molecule has 2 heterocycles. The summed E-state index contributed by atoms with van der Waals surface area (Å²) >= 11 is 7.31. The average molecular weight is 484 g/mol. The van der Waals surface area contributed by atoms with Crippen LogP contribution in [0.2, 0.25) is 5.02 Å². The first-order valence-corrected chi connectivity index (χ1v) is 10.8. The molecule has 11 heteroatoms. The van der Waals surface area contributed by atoms with Crippen molar-refractivity contribution in [2.75, 3.05) is 31.0 Å². The third kappa shape index (κ3) is 5.14. The van der Waals surface area contributed by atoms with Gasteiger partial charge in [0.2, 0.25) is 5.91 Å². The molecule has 9 nitrogen and oxygen atoms in total. The molecule has 0 saturated heterocycles. The molecule has 0 unspecified atom stereocenters. The number of methoxy groups -OCH3 is 2. The van der Waals surface area contributed by atoms with Crippen molar-refractivity contribution in [2.45, 2.75) is 11.4 Å². The summed E-state index contributed by atoms with van der Waals surface area (Å²) in [5.74, 6) is 1.13. The van der Waals surface area contributed by atoms with Gasteiger partial charge in [0.1, 0.15) is 45.8 Å². The number of carbonyl (C=O) groups is 1. The maximum absolute atomic E-state index is 12.5. The molecule has 1 aromatic carbocycles. The fourth-order valence-corrected chi connectivity index (χ4v) is 4.16. The highest BCUT2D eigenvalue weighted by molar-refractivity contribution is 7.99. The number of nitriles is 2. The molecule has 0 bridgehead atoms. The Balaban J connectivity index is 1.76. The molecule has 0 saturated carbocycles. The molecule has 0 spiro atoms. The number of nitrogens with one attached hydrogen (secondary N) is 1. The van der Waals surface area contributed by atoms with Crippen LogP contribution < -0.4 is 20.5 Å². The van der Waals surface area contributed by atoms with Gasteiger partial charge < -0.3 is 24.9 Å². The number of aromatic nitrogens is 1. The number of ether oxygens (including phenoxy) is 2. The SMILES string of the molecule is COc1cc(OC)c(NC(=O)CCSc2nc(N)c(C#N)c(-c3ccco3)c2C#N)cc1Cl. The lowest BCUT2D eigenvalue weighted by Crippen LogP contribution is -2.13. The van der Waals surface area contributed by atoms with E-state index < -0.39 is 0 Å². The van der Waals surface area contributed by atoms with Crippen molar-refractivity contribution in [2.24, 2.45) is 0 Å². The molecule has 3 aromatic rings. The molecular weight excluding hydrogens is 466 g/mol.